The highest BCUT2D eigenvalue weighted by molar-refractivity contribution is 5.48. The van der Waals surface area contributed by atoms with Gasteiger partial charge < -0.3 is 14.8 Å². The average molecular weight is 390 g/mol. The number of anilines is 1. The van der Waals surface area contributed by atoms with Gasteiger partial charge in [-0.05, 0) is 47.7 Å². The summed E-state index contributed by atoms with van der Waals surface area (Å²) >= 11 is 0. The van der Waals surface area contributed by atoms with E-state index in [0.29, 0.717) is 12.5 Å². The average Bonchev–Trinajstić information content (AvgIpc) is 2.73. The van der Waals surface area contributed by atoms with Gasteiger partial charge in [-0.3, -0.25) is 0 Å². The molecule has 3 aromatic rings. The molecule has 3 aromatic carbocycles. The van der Waals surface area contributed by atoms with Crippen LogP contribution in [-0.4, -0.2) is 13.2 Å². The summed E-state index contributed by atoms with van der Waals surface area (Å²) in [6.45, 7) is 6.60. The van der Waals surface area contributed by atoms with Crippen molar-refractivity contribution < 1.29 is 9.47 Å². The van der Waals surface area contributed by atoms with E-state index in [9.17, 15) is 0 Å². The summed E-state index contributed by atoms with van der Waals surface area (Å²) in [4.78, 5) is 0. The molecule has 0 bridgehead atoms. The van der Waals surface area contributed by atoms with Crippen LogP contribution in [0.4, 0.5) is 5.69 Å². The first kappa shape index (κ1) is 20.8. The monoisotopic (exact) mass is 389 g/mol. The van der Waals surface area contributed by atoms with Crippen molar-refractivity contribution in [3.05, 3.63) is 90.0 Å². The van der Waals surface area contributed by atoms with Gasteiger partial charge in [0.2, 0.25) is 0 Å². The molecule has 0 atom stereocenters. The zero-order valence-electron chi connectivity index (χ0n) is 17.4. The fourth-order valence-corrected chi connectivity index (χ4v) is 2.99. The first-order valence-corrected chi connectivity index (χ1v) is 10.4. The fraction of sp³-hybridized carbons (Fsp3) is 0.308. The Balaban J connectivity index is 1.47. The second-order valence-corrected chi connectivity index (χ2v) is 7.64. The summed E-state index contributed by atoms with van der Waals surface area (Å²) < 4.78 is 11.8. The predicted molar refractivity (Wildman–Crippen MR) is 121 cm³/mol. The minimum atomic E-state index is 0.655. The zero-order valence-corrected chi connectivity index (χ0v) is 17.4. The standard InChI is InChI=1S/C26H31NO2/c1-21(2)14-16-28-25-12-6-10-23(18-25)20-27-24-11-7-13-26(19-24)29-17-15-22-8-4-3-5-9-22/h3-13,18-19,21,27H,14-17,20H2,1-2H3. The first-order valence-electron chi connectivity index (χ1n) is 10.4. The van der Waals surface area contributed by atoms with Crippen LogP contribution in [0.5, 0.6) is 11.5 Å². The molecule has 0 aliphatic carbocycles. The third kappa shape index (κ3) is 7.53. The van der Waals surface area contributed by atoms with Crippen LogP contribution < -0.4 is 14.8 Å². The van der Waals surface area contributed by atoms with Gasteiger partial charge in [-0.25, -0.2) is 0 Å². The Hall–Kier alpha value is -2.94. The third-order valence-corrected chi connectivity index (χ3v) is 4.70. The largest absolute Gasteiger partial charge is 0.494 e. The molecular weight excluding hydrogens is 358 g/mol. The summed E-state index contributed by atoms with van der Waals surface area (Å²) in [5.41, 5.74) is 3.54. The van der Waals surface area contributed by atoms with Crippen LogP contribution in [0.25, 0.3) is 0 Å². The molecule has 1 N–H and O–H groups in total. The van der Waals surface area contributed by atoms with Crippen molar-refractivity contribution in [2.24, 2.45) is 5.92 Å². The lowest BCUT2D eigenvalue weighted by atomic mass is 10.1. The highest BCUT2D eigenvalue weighted by Crippen LogP contribution is 2.20. The molecule has 29 heavy (non-hydrogen) atoms. The minimum absolute atomic E-state index is 0.655. The Kier molecular flexibility index (Phi) is 8.00. The van der Waals surface area contributed by atoms with Gasteiger partial charge in [0.15, 0.2) is 0 Å². The third-order valence-electron chi connectivity index (χ3n) is 4.70. The van der Waals surface area contributed by atoms with Crippen LogP contribution in [0.15, 0.2) is 78.9 Å². The van der Waals surface area contributed by atoms with E-state index in [4.69, 9.17) is 9.47 Å². The quantitative estimate of drug-likeness (QED) is 0.415. The van der Waals surface area contributed by atoms with Crippen molar-refractivity contribution in [1.29, 1.82) is 0 Å². The predicted octanol–water partition coefficient (Wildman–Crippen LogP) is 6.35. The van der Waals surface area contributed by atoms with Gasteiger partial charge >= 0.3 is 0 Å². The maximum absolute atomic E-state index is 5.93. The van der Waals surface area contributed by atoms with Crippen molar-refractivity contribution >= 4 is 5.69 Å². The lowest BCUT2D eigenvalue weighted by Gasteiger charge is -2.12. The van der Waals surface area contributed by atoms with Crippen molar-refractivity contribution in [2.75, 3.05) is 18.5 Å². The Labute approximate surface area is 174 Å². The highest BCUT2D eigenvalue weighted by Gasteiger charge is 2.01. The van der Waals surface area contributed by atoms with E-state index in [1.54, 1.807) is 0 Å². The number of hydrogen-bond donors (Lipinski definition) is 1. The molecule has 152 valence electrons. The Morgan fingerprint density at radius 2 is 1.41 bits per heavy atom. The number of ether oxygens (including phenoxy) is 2. The van der Waals surface area contributed by atoms with Gasteiger partial charge in [0.1, 0.15) is 11.5 Å². The molecule has 0 unspecified atom stereocenters. The summed E-state index contributed by atoms with van der Waals surface area (Å²) in [5.74, 6) is 2.47. The van der Waals surface area contributed by atoms with Crippen molar-refractivity contribution in [3.8, 4) is 11.5 Å². The molecule has 0 amide bonds. The Morgan fingerprint density at radius 3 is 2.21 bits per heavy atom. The maximum atomic E-state index is 5.93. The summed E-state index contributed by atoms with van der Waals surface area (Å²) in [6.07, 6.45) is 1.97. The van der Waals surface area contributed by atoms with E-state index in [2.05, 4.69) is 61.6 Å². The first-order chi connectivity index (χ1) is 14.2. The fourth-order valence-electron chi connectivity index (χ4n) is 2.99. The highest BCUT2D eigenvalue weighted by atomic mass is 16.5. The summed E-state index contributed by atoms with van der Waals surface area (Å²) in [5, 5.41) is 3.48. The second kappa shape index (κ2) is 11.2. The SMILES string of the molecule is CC(C)CCOc1cccc(CNc2cccc(OCCc3ccccc3)c2)c1. The van der Waals surface area contributed by atoms with Gasteiger partial charge in [-0.2, -0.15) is 0 Å². The van der Waals surface area contributed by atoms with Crippen LogP contribution in [0, 0.1) is 5.92 Å². The van der Waals surface area contributed by atoms with E-state index in [1.807, 2.05) is 36.4 Å². The molecule has 0 radical (unpaired) electrons. The molecule has 0 saturated heterocycles. The molecule has 0 aliphatic heterocycles. The van der Waals surface area contributed by atoms with Crippen molar-refractivity contribution in [3.63, 3.8) is 0 Å². The maximum Gasteiger partial charge on any atom is 0.121 e. The number of benzene rings is 3. The topological polar surface area (TPSA) is 30.5 Å². The van der Waals surface area contributed by atoms with E-state index >= 15 is 0 Å². The van der Waals surface area contributed by atoms with Crippen molar-refractivity contribution in [1.82, 2.24) is 0 Å². The lowest BCUT2D eigenvalue weighted by molar-refractivity contribution is 0.289. The second-order valence-electron chi connectivity index (χ2n) is 7.64. The van der Waals surface area contributed by atoms with E-state index in [1.165, 1.54) is 11.1 Å². The smallest absolute Gasteiger partial charge is 0.121 e. The van der Waals surface area contributed by atoms with E-state index in [0.717, 1.165) is 43.2 Å². The van der Waals surface area contributed by atoms with Gasteiger partial charge in [0, 0.05) is 24.7 Å². The van der Waals surface area contributed by atoms with Gasteiger partial charge in [0.25, 0.3) is 0 Å². The normalized spacial score (nSPS) is 10.7. The minimum Gasteiger partial charge on any atom is -0.494 e. The van der Waals surface area contributed by atoms with Gasteiger partial charge in [-0.15, -0.1) is 0 Å². The van der Waals surface area contributed by atoms with Gasteiger partial charge in [0.05, 0.1) is 13.2 Å². The Bertz CT molecular complexity index is 861. The zero-order chi connectivity index (χ0) is 20.3. The molecule has 0 saturated carbocycles. The molecule has 0 spiro atoms. The van der Waals surface area contributed by atoms with Crippen molar-refractivity contribution in [2.45, 2.75) is 33.2 Å². The molecule has 3 heteroatoms. The molecule has 0 fully saturated rings. The molecular formula is C26H31NO2. The van der Waals surface area contributed by atoms with Crippen LogP contribution in [0.3, 0.4) is 0 Å². The summed E-state index contributed by atoms with van der Waals surface area (Å²) in [6, 6.07) is 26.8. The molecule has 0 aromatic heterocycles. The molecule has 0 aliphatic rings. The number of nitrogens with one attached hydrogen (secondary N) is 1. The Morgan fingerprint density at radius 1 is 0.724 bits per heavy atom. The van der Waals surface area contributed by atoms with E-state index in [-0.39, 0.29) is 0 Å². The molecule has 3 nitrogen and oxygen atoms in total. The van der Waals surface area contributed by atoms with E-state index < -0.39 is 0 Å². The van der Waals surface area contributed by atoms with Crippen LogP contribution in [-0.2, 0) is 13.0 Å². The van der Waals surface area contributed by atoms with Crippen LogP contribution >= 0.6 is 0 Å². The lowest BCUT2D eigenvalue weighted by Crippen LogP contribution is -2.04. The molecule has 0 heterocycles. The number of hydrogen-bond acceptors (Lipinski definition) is 3. The molecule has 3 rings (SSSR count). The number of rotatable bonds is 11. The van der Waals surface area contributed by atoms with Crippen LogP contribution in [0.1, 0.15) is 31.4 Å². The van der Waals surface area contributed by atoms with Gasteiger partial charge in [-0.1, -0.05) is 62.4 Å². The summed E-state index contributed by atoms with van der Waals surface area (Å²) in [7, 11) is 0. The van der Waals surface area contributed by atoms with Crippen LogP contribution in [0.2, 0.25) is 0 Å².